The lowest BCUT2D eigenvalue weighted by atomic mass is 10.1. The summed E-state index contributed by atoms with van der Waals surface area (Å²) in [5.41, 5.74) is 2.22. The second kappa shape index (κ2) is 10.7. The number of halogens is 1. The molecule has 8 nitrogen and oxygen atoms in total. The molecule has 1 saturated heterocycles. The highest BCUT2D eigenvalue weighted by atomic mass is 127. The first kappa shape index (κ1) is 23.4. The Morgan fingerprint density at radius 2 is 1.97 bits per heavy atom. The van der Waals surface area contributed by atoms with Gasteiger partial charge in [0.05, 0.1) is 13.7 Å². The molecule has 1 unspecified atom stereocenters. The summed E-state index contributed by atoms with van der Waals surface area (Å²) in [7, 11) is 3.46. The number of guanidine groups is 1. The maximum absolute atomic E-state index is 11.9. The molecule has 3 rings (SSSR count). The standard InChI is InChI=1S/C20H30N4O4.HI/c1-5-27-20(25)24-8-6-23(7-9-24)19(21-3)22-13-16-12-18-15(10-14(2)28-18)11-17(16)26-4;/h11-12,14H,5-10,13H2,1-4H3,(H,21,22);1H. The van der Waals surface area contributed by atoms with Gasteiger partial charge in [0.15, 0.2) is 5.96 Å². The smallest absolute Gasteiger partial charge is 0.409 e. The van der Waals surface area contributed by atoms with Gasteiger partial charge in [-0.25, -0.2) is 4.79 Å². The number of nitrogens with zero attached hydrogens (tertiary/aromatic N) is 3. The first-order chi connectivity index (χ1) is 13.5. The Bertz CT molecular complexity index is 735. The fraction of sp³-hybridized carbons (Fsp3) is 0.600. The summed E-state index contributed by atoms with van der Waals surface area (Å²) in [5.74, 6) is 2.59. The van der Waals surface area contributed by atoms with Crippen molar-refractivity contribution in [2.24, 2.45) is 4.99 Å². The third kappa shape index (κ3) is 5.58. The van der Waals surface area contributed by atoms with Crippen LogP contribution in [0.4, 0.5) is 4.79 Å². The van der Waals surface area contributed by atoms with Crippen molar-refractivity contribution in [2.75, 3.05) is 46.9 Å². The zero-order chi connectivity index (χ0) is 20.1. The Morgan fingerprint density at radius 3 is 2.59 bits per heavy atom. The van der Waals surface area contributed by atoms with Gasteiger partial charge in [-0.2, -0.15) is 0 Å². The highest BCUT2D eigenvalue weighted by Crippen LogP contribution is 2.34. The molecule has 29 heavy (non-hydrogen) atoms. The summed E-state index contributed by atoms with van der Waals surface area (Å²) in [6.45, 7) is 7.52. The lowest BCUT2D eigenvalue weighted by Crippen LogP contribution is -2.53. The van der Waals surface area contributed by atoms with Crippen LogP contribution in [0.5, 0.6) is 11.5 Å². The van der Waals surface area contributed by atoms with Crippen LogP contribution in [0.1, 0.15) is 25.0 Å². The number of carbonyl (C=O) groups is 1. The SMILES string of the molecule is CCOC(=O)N1CCN(C(=NC)NCc2cc3c(cc2OC)CC(C)O3)CC1.I. The lowest BCUT2D eigenvalue weighted by Gasteiger charge is -2.35. The normalized spacial score (nSPS) is 18.5. The van der Waals surface area contributed by atoms with E-state index in [0.717, 1.165) is 29.4 Å². The molecular formula is C20H31IN4O4. The van der Waals surface area contributed by atoms with Crippen LogP contribution in [0.25, 0.3) is 0 Å². The molecule has 1 fully saturated rings. The molecule has 1 amide bonds. The molecule has 0 aromatic heterocycles. The molecular weight excluding hydrogens is 487 g/mol. The van der Waals surface area contributed by atoms with Gasteiger partial charge in [0.1, 0.15) is 17.6 Å². The van der Waals surface area contributed by atoms with E-state index >= 15 is 0 Å². The van der Waals surface area contributed by atoms with Gasteiger partial charge < -0.3 is 29.3 Å². The maximum atomic E-state index is 11.9. The number of hydrogen-bond acceptors (Lipinski definition) is 5. The molecule has 2 aliphatic heterocycles. The highest BCUT2D eigenvalue weighted by molar-refractivity contribution is 14.0. The molecule has 0 aliphatic carbocycles. The number of benzene rings is 1. The summed E-state index contributed by atoms with van der Waals surface area (Å²) in [4.78, 5) is 20.1. The van der Waals surface area contributed by atoms with Gasteiger partial charge in [-0.05, 0) is 26.0 Å². The molecule has 0 bridgehead atoms. The van der Waals surface area contributed by atoms with E-state index in [1.54, 1.807) is 19.1 Å². The molecule has 2 aliphatic rings. The molecule has 1 N–H and O–H groups in total. The van der Waals surface area contributed by atoms with Crippen molar-refractivity contribution in [2.45, 2.75) is 32.9 Å². The van der Waals surface area contributed by atoms with Gasteiger partial charge in [-0.1, -0.05) is 0 Å². The van der Waals surface area contributed by atoms with E-state index in [1.165, 1.54) is 5.56 Å². The molecule has 9 heteroatoms. The van der Waals surface area contributed by atoms with Crippen LogP contribution >= 0.6 is 24.0 Å². The van der Waals surface area contributed by atoms with E-state index in [2.05, 4.69) is 34.3 Å². The monoisotopic (exact) mass is 518 g/mol. The van der Waals surface area contributed by atoms with Crippen LogP contribution in [0, 0.1) is 0 Å². The molecule has 0 saturated carbocycles. The van der Waals surface area contributed by atoms with Crippen molar-refractivity contribution in [1.82, 2.24) is 15.1 Å². The third-order valence-electron chi connectivity index (χ3n) is 5.05. The van der Waals surface area contributed by atoms with Crippen LogP contribution in [0.15, 0.2) is 17.1 Å². The number of amides is 1. The summed E-state index contributed by atoms with van der Waals surface area (Å²) in [6.07, 6.45) is 0.861. The number of rotatable bonds is 4. The summed E-state index contributed by atoms with van der Waals surface area (Å²) < 4.78 is 16.5. The molecule has 1 aromatic carbocycles. The molecule has 1 atom stereocenters. The Kier molecular flexibility index (Phi) is 8.66. The Balaban J connectivity index is 0.00000300. The number of methoxy groups -OCH3 is 1. The summed E-state index contributed by atoms with van der Waals surface area (Å²) in [6, 6.07) is 4.12. The Morgan fingerprint density at radius 1 is 1.28 bits per heavy atom. The minimum Gasteiger partial charge on any atom is -0.496 e. The fourth-order valence-electron chi connectivity index (χ4n) is 3.63. The third-order valence-corrected chi connectivity index (χ3v) is 5.05. The largest absolute Gasteiger partial charge is 0.496 e. The molecule has 2 heterocycles. The van der Waals surface area contributed by atoms with Crippen molar-refractivity contribution in [1.29, 1.82) is 0 Å². The average Bonchev–Trinajstić information content (AvgIpc) is 3.07. The zero-order valence-corrected chi connectivity index (χ0v) is 19.9. The number of aliphatic imine (C=N–C) groups is 1. The van der Waals surface area contributed by atoms with Crippen LogP contribution in [-0.2, 0) is 17.7 Å². The van der Waals surface area contributed by atoms with Crippen molar-refractivity contribution in [3.63, 3.8) is 0 Å². The minimum atomic E-state index is -0.248. The van der Waals surface area contributed by atoms with Gasteiger partial charge in [-0.15, -0.1) is 24.0 Å². The number of fused-ring (bicyclic) bond motifs is 1. The second-order valence-electron chi connectivity index (χ2n) is 6.98. The van der Waals surface area contributed by atoms with Crippen molar-refractivity contribution >= 4 is 36.0 Å². The number of carbonyl (C=O) groups excluding carboxylic acids is 1. The van der Waals surface area contributed by atoms with Crippen molar-refractivity contribution in [3.05, 3.63) is 23.3 Å². The van der Waals surface area contributed by atoms with Crippen LogP contribution < -0.4 is 14.8 Å². The first-order valence-corrected chi connectivity index (χ1v) is 9.79. The number of nitrogens with one attached hydrogen (secondary N) is 1. The number of hydrogen-bond donors (Lipinski definition) is 1. The topological polar surface area (TPSA) is 75.6 Å². The van der Waals surface area contributed by atoms with Crippen LogP contribution in [0.3, 0.4) is 0 Å². The van der Waals surface area contributed by atoms with Crippen LogP contribution in [0.2, 0.25) is 0 Å². The van der Waals surface area contributed by atoms with E-state index in [1.807, 2.05) is 6.92 Å². The van der Waals surface area contributed by atoms with Gasteiger partial charge >= 0.3 is 6.09 Å². The Hall–Kier alpha value is -1.91. The van der Waals surface area contributed by atoms with Crippen molar-refractivity contribution < 1.29 is 19.0 Å². The van der Waals surface area contributed by atoms with E-state index in [0.29, 0.717) is 39.3 Å². The van der Waals surface area contributed by atoms with E-state index in [4.69, 9.17) is 14.2 Å². The summed E-state index contributed by atoms with van der Waals surface area (Å²) >= 11 is 0. The minimum absolute atomic E-state index is 0. The number of piperazine rings is 1. The van der Waals surface area contributed by atoms with E-state index in [-0.39, 0.29) is 36.2 Å². The van der Waals surface area contributed by atoms with Gasteiger partial charge in [-0.3, -0.25) is 4.99 Å². The molecule has 162 valence electrons. The van der Waals surface area contributed by atoms with Gasteiger partial charge in [0, 0.05) is 57.3 Å². The van der Waals surface area contributed by atoms with Crippen molar-refractivity contribution in [3.8, 4) is 11.5 Å². The first-order valence-electron chi connectivity index (χ1n) is 9.79. The van der Waals surface area contributed by atoms with E-state index < -0.39 is 0 Å². The molecule has 0 spiro atoms. The average molecular weight is 518 g/mol. The number of ether oxygens (including phenoxy) is 3. The summed E-state index contributed by atoms with van der Waals surface area (Å²) in [5, 5.41) is 3.41. The predicted molar refractivity (Wildman–Crippen MR) is 123 cm³/mol. The van der Waals surface area contributed by atoms with Gasteiger partial charge in [0.25, 0.3) is 0 Å². The quantitative estimate of drug-likeness (QED) is 0.375. The van der Waals surface area contributed by atoms with Gasteiger partial charge in [0.2, 0.25) is 0 Å². The highest BCUT2D eigenvalue weighted by Gasteiger charge is 2.25. The van der Waals surface area contributed by atoms with Crippen LogP contribution in [-0.4, -0.2) is 74.9 Å². The Labute approximate surface area is 189 Å². The molecule has 1 aromatic rings. The van der Waals surface area contributed by atoms with E-state index in [9.17, 15) is 4.79 Å². The lowest BCUT2D eigenvalue weighted by molar-refractivity contribution is 0.0914. The predicted octanol–water partition coefficient (Wildman–Crippen LogP) is 2.49. The second-order valence-corrected chi connectivity index (χ2v) is 6.98. The molecule has 0 radical (unpaired) electrons. The zero-order valence-electron chi connectivity index (χ0n) is 17.6. The fourth-order valence-corrected chi connectivity index (χ4v) is 3.63. The maximum Gasteiger partial charge on any atom is 0.409 e.